The second-order valence-electron chi connectivity index (χ2n) is 7.30. The van der Waals surface area contributed by atoms with E-state index in [0.717, 1.165) is 5.56 Å². The Bertz CT molecular complexity index is 697. The molecule has 1 saturated heterocycles. The van der Waals surface area contributed by atoms with Crippen molar-refractivity contribution in [1.29, 1.82) is 0 Å². The number of thioether (sulfide) groups is 1. The lowest BCUT2D eigenvalue weighted by atomic mass is 9.87. The van der Waals surface area contributed by atoms with Crippen LogP contribution in [0.5, 0.6) is 5.75 Å². The number of aliphatic hydroxyl groups excluding tert-OH is 1. The van der Waals surface area contributed by atoms with E-state index < -0.39 is 35.8 Å². The standard InChI is InChI=1S/C19H25F3N2O3S/c1-24(2)18-23-16-14(25)10-15(27-17(16)28-18)13(19(20,21)22)9-6-11-4-7-12(26-3)8-5-11/h4-5,7-8,13-17,25H,6,9-10H2,1-3H3/t13-,14+,15+,16-,17-/m1/s1. The monoisotopic (exact) mass is 418 g/mol. The highest BCUT2D eigenvalue weighted by molar-refractivity contribution is 8.14. The molecule has 0 saturated carbocycles. The summed E-state index contributed by atoms with van der Waals surface area (Å²) in [5, 5.41) is 11.1. The van der Waals surface area contributed by atoms with Gasteiger partial charge in [-0.25, -0.2) is 0 Å². The molecule has 2 heterocycles. The molecule has 2 aliphatic rings. The van der Waals surface area contributed by atoms with Crippen LogP contribution in [-0.4, -0.2) is 66.2 Å². The van der Waals surface area contributed by atoms with Gasteiger partial charge in [0.15, 0.2) is 5.17 Å². The minimum absolute atomic E-state index is 0.0707. The quantitative estimate of drug-likeness (QED) is 0.795. The Balaban J connectivity index is 1.68. The van der Waals surface area contributed by atoms with Crippen LogP contribution in [0.3, 0.4) is 0 Å². The number of rotatable bonds is 5. The molecule has 0 bridgehead atoms. The van der Waals surface area contributed by atoms with Gasteiger partial charge in [-0.2, -0.15) is 13.2 Å². The van der Waals surface area contributed by atoms with Crippen molar-refractivity contribution in [2.75, 3.05) is 21.2 Å². The number of aliphatic imine (C=N–C) groups is 1. The fraction of sp³-hybridized carbons (Fsp3) is 0.632. The van der Waals surface area contributed by atoms with E-state index in [4.69, 9.17) is 9.47 Å². The van der Waals surface area contributed by atoms with Gasteiger partial charge in [0, 0.05) is 20.5 Å². The summed E-state index contributed by atoms with van der Waals surface area (Å²) in [5.74, 6) is -0.981. The van der Waals surface area contributed by atoms with Crippen molar-refractivity contribution < 1.29 is 27.8 Å². The maximum Gasteiger partial charge on any atom is 0.394 e. The lowest BCUT2D eigenvalue weighted by Gasteiger charge is -2.38. The number of fused-ring (bicyclic) bond motifs is 1. The molecular formula is C19H25F3N2O3S. The largest absolute Gasteiger partial charge is 0.497 e. The van der Waals surface area contributed by atoms with Crippen LogP contribution in [0.15, 0.2) is 29.3 Å². The summed E-state index contributed by atoms with van der Waals surface area (Å²) >= 11 is 1.27. The van der Waals surface area contributed by atoms with Crippen molar-refractivity contribution in [1.82, 2.24) is 4.90 Å². The molecule has 0 amide bonds. The number of aliphatic hydroxyl groups is 1. The zero-order valence-electron chi connectivity index (χ0n) is 16.0. The Morgan fingerprint density at radius 3 is 2.57 bits per heavy atom. The van der Waals surface area contributed by atoms with Crippen LogP contribution in [0, 0.1) is 5.92 Å². The Labute approximate surface area is 166 Å². The van der Waals surface area contributed by atoms with E-state index in [2.05, 4.69) is 4.99 Å². The van der Waals surface area contributed by atoms with Gasteiger partial charge in [0.05, 0.1) is 25.2 Å². The van der Waals surface area contributed by atoms with E-state index >= 15 is 0 Å². The van der Waals surface area contributed by atoms with Gasteiger partial charge in [-0.05, 0) is 30.5 Å². The molecule has 1 aromatic rings. The molecule has 0 aliphatic carbocycles. The van der Waals surface area contributed by atoms with Crippen LogP contribution in [0.25, 0.3) is 0 Å². The number of halogens is 3. The van der Waals surface area contributed by atoms with Crippen LogP contribution in [0.4, 0.5) is 13.2 Å². The summed E-state index contributed by atoms with van der Waals surface area (Å²) in [7, 11) is 5.15. The molecule has 1 fully saturated rings. The van der Waals surface area contributed by atoms with E-state index in [1.54, 1.807) is 50.4 Å². The molecular weight excluding hydrogens is 393 g/mol. The van der Waals surface area contributed by atoms with Crippen molar-refractivity contribution in [3.63, 3.8) is 0 Å². The van der Waals surface area contributed by atoms with Crippen LogP contribution in [0.2, 0.25) is 0 Å². The van der Waals surface area contributed by atoms with Crippen molar-refractivity contribution in [2.24, 2.45) is 10.9 Å². The van der Waals surface area contributed by atoms with Crippen LogP contribution >= 0.6 is 11.8 Å². The second kappa shape index (κ2) is 8.51. The molecule has 5 atom stereocenters. The van der Waals surface area contributed by atoms with Gasteiger partial charge < -0.3 is 19.5 Å². The van der Waals surface area contributed by atoms with Crippen LogP contribution in [-0.2, 0) is 11.2 Å². The topological polar surface area (TPSA) is 54.3 Å². The summed E-state index contributed by atoms with van der Waals surface area (Å²) in [6.45, 7) is 0. The molecule has 156 valence electrons. The van der Waals surface area contributed by atoms with Gasteiger partial charge in [0.2, 0.25) is 0 Å². The van der Waals surface area contributed by atoms with E-state index in [-0.39, 0.29) is 19.3 Å². The van der Waals surface area contributed by atoms with Crippen molar-refractivity contribution in [3.05, 3.63) is 29.8 Å². The predicted molar refractivity (Wildman–Crippen MR) is 103 cm³/mol. The fourth-order valence-corrected chi connectivity index (χ4v) is 4.71. The summed E-state index contributed by atoms with van der Waals surface area (Å²) in [6, 6.07) is 6.48. The van der Waals surface area contributed by atoms with Crippen molar-refractivity contribution >= 4 is 16.9 Å². The van der Waals surface area contributed by atoms with E-state index in [9.17, 15) is 18.3 Å². The molecule has 0 spiro atoms. The van der Waals surface area contributed by atoms with Gasteiger partial charge >= 0.3 is 6.18 Å². The highest BCUT2D eigenvalue weighted by Crippen LogP contribution is 2.43. The first-order valence-electron chi connectivity index (χ1n) is 9.14. The molecule has 0 radical (unpaired) electrons. The third kappa shape index (κ3) is 4.75. The Hall–Kier alpha value is -1.45. The minimum Gasteiger partial charge on any atom is -0.497 e. The fourth-order valence-electron chi connectivity index (χ4n) is 3.53. The van der Waals surface area contributed by atoms with Crippen LogP contribution in [0.1, 0.15) is 18.4 Å². The number of nitrogens with zero attached hydrogens (tertiary/aromatic N) is 2. The minimum atomic E-state index is -4.40. The van der Waals surface area contributed by atoms with Crippen molar-refractivity contribution in [3.8, 4) is 5.75 Å². The number of aryl methyl sites for hydroxylation is 1. The summed E-state index contributed by atoms with van der Waals surface area (Å²) < 4.78 is 52.2. The van der Waals surface area contributed by atoms with Crippen molar-refractivity contribution in [2.45, 2.75) is 49.1 Å². The highest BCUT2D eigenvalue weighted by atomic mass is 32.2. The zero-order valence-corrected chi connectivity index (χ0v) is 16.8. The third-order valence-corrected chi connectivity index (χ3v) is 6.40. The summed E-state index contributed by atoms with van der Waals surface area (Å²) in [6.07, 6.45) is -6.34. The number of hydrogen-bond donors (Lipinski definition) is 1. The van der Waals surface area contributed by atoms with Gasteiger partial charge in [-0.1, -0.05) is 23.9 Å². The van der Waals surface area contributed by atoms with E-state index in [1.165, 1.54) is 11.8 Å². The molecule has 9 heteroatoms. The Morgan fingerprint density at radius 2 is 2.00 bits per heavy atom. The SMILES string of the molecule is COc1ccc(CC[C@H]([C@@H]2C[C@H](O)[C@H]3N=C(N(C)C)S[C@H]3O2)C(F)(F)F)cc1. The Morgan fingerprint density at radius 1 is 1.32 bits per heavy atom. The van der Waals surface area contributed by atoms with Gasteiger partial charge in [-0.15, -0.1) is 0 Å². The van der Waals surface area contributed by atoms with Gasteiger partial charge in [0.25, 0.3) is 0 Å². The first kappa shape index (κ1) is 21.3. The molecule has 1 N–H and O–H groups in total. The van der Waals surface area contributed by atoms with E-state index in [0.29, 0.717) is 10.9 Å². The summed E-state index contributed by atoms with van der Waals surface area (Å²) in [4.78, 5) is 6.17. The number of ether oxygens (including phenoxy) is 2. The highest BCUT2D eigenvalue weighted by Gasteiger charge is 2.51. The average molecular weight is 418 g/mol. The smallest absolute Gasteiger partial charge is 0.394 e. The molecule has 0 unspecified atom stereocenters. The maximum atomic E-state index is 13.8. The van der Waals surface area contributed by atoms with E-state index in [1.807, 2.05) is 0 Å². The lowest BCUT2D eigenvalue weighted by molar-refractivity contribution is -0.224. The predicted octanol–water partition coefficient (Wildman–Crippen LogP) is 3.32. The summed E-state index contributed by atoms with van der Waals surface area (Å²) in [5.41, 5.74) is 0.217. The number of benzene rings is 1. The molecule has 1 aromatic carbocycles. The first-order valence-corrected chi connectivity index (χ1v) is 10.0. The van der Waals surface area contributed by atoms with Crippen LogP contribution < -0.4 is 4.74 Å². The first-order chi connectivity index (χ1) is 13.2. The number of methoxy groups -OCH3 is 1. The zero-order chi connectivity index (χ0) is 20.5. The maximum absolute atomic E-state index is 13.8. The third-order valence-electron chi connectivity index (χ3n) is 5.09. The molecule has 5 nitrogen and oxygen atoms in total. The average Bonchev–Trinajstić information content (AvgIpc) is 3.06. The second-order valence-corrected chi connectivity index (χ2v) is 8.36. The number of amidine groups is 1. The molecule has 3 rings (SSSR count). The normalized spacial score (nSPS) is 28.5. The number of alkyl halides is 3. The molecule has 28 heavy (non-hydrogen) atoms. The van der Waals surface area contributed by atoms with Gasteiger partial charge in [0.1, 0.15) is 17.2 Å². The Kier molecular flexibility index (Phi) is 6.46. The van der Waals surface area contributed by atoms with Gasteiger partial charge in [-0.3, -0.25) is 4.99 Å². The number of hydrogen-bond acceptors (Lipinski definition) is 6. The lowest BCUT2D eigenvalue weighted by Crippen LogP contribution is -2.49. The molecule has 2 aliphatic heterocycles. The molecule has 0 aromatic heterocycles.